The lowest BCUT2D eigenvalue weighted by Crippen LogP contribution is -2.45. The van der Waals surface area contributed by atoms with Crippen molar-refractivity contribution in [1.29, 1.82) is 0 Å². The van der Waals surface area contributed by atoms with E-state index in [0.717, 1.165) is 27.5 Å². The summed E-state index contributed by atoms with van der Waals surface area (Å²) in [5.74, 6) is -0.107. The van der Waals surface area contributed by atoms with Gasteiger partial charge in [-0.2, -0.15) is 0 Å². The molecule has 1 unspecified atom stereocenters. The fraction of sp³-hybridized carbons (Fsp3) is 0.267. The summed E-state index contributed by atoms with van der Waals surface area (Å²) in [6, 6.07) is 11.8. The Kier molecular flexibility index (Phi) is 4.00. The van der Waals surface area contributed by atoms with E-state index in [-0.39, 0.29) is 5.91 Å². The smallest absolute Gasteiger partial charge is 0.254 e. The number of amides is 1. The topological polar surface area (TPSA) is 50.4 Å². The highest BCUT2D eigenvalue weighted by molar-refractivity contribution is 9.10. The Labute approximate surface area is 125 Å². The van der Waals surface area contributed by atoms with E-state index in [1.165, 1.54) is 0 Å². The molecule has 0 saturated carbocycles. The van der Waals surface area contributed by atoms with Gasteiger partial charge >= 0.3 is 0 Å². The predicted octanol–water partition coefficient (Wildman–Crippen LogP) is 2.53. The molecule has 0 aromatic heterocycles. The summed E-state index contributed by atoms with van der Waals surface area (Å²) in [5.41, 5.74) is 0.808. The molecule has 0 bridgehead atoms. The van der Waals surface area contributed by atoms with Crippen molar-refractivity contribution < 1.29 is 9.53 Å². The highest BCUT2D eigenvalue weighted by atomic mass is 79.9. The molecule has 0 radical (unpaired) electrons. The van der Waals surface area contributed by atoms with E-state index in [1.54, 1.807) is 0 Å². The molecule has 1 aliphatic heterocycles. The number of hydrogen-bond donors (Lipinski definition) is 2. The SMILES string of the molecule is O=C(Nc1ccc(Br)c2ccccc12)C1CNCCO1. The Morgan fingerprint density at radius 1 is 1.25 bits per heavy atom. The minimum Gasteiger partial charge on any atom is -0.366 e. The molecule has 1 amide bonds. The van der Waals surface area contributed by atoms with Gasteiger partial charge in [-0.25, -0.2) is 0 Å². The van der Waals surface area contributed by atoms with E-state index in [9.17, 15) is 4.79 Å². The highest BCUT2D eigenvalue weighted by Gasteiger charge is 2.22. The zero-order chi connectivity index (χ0) is 13.9. The first-order chi connectivity index (χ1) is 9.75. The molecule has 1 aliphatic rings. The molecular weight excluding hydrogens is 320 g/mol. The van der Waals surface area contributed by atoms with Gasteiger partial charge < -0.3 is 15.4 Å². The van der Waals surface area contributed by atoms with Gasteiger partial charge in [0, 0.05) is 28.6 Å². The fourth-order valence-corrected chi connectivity index (χ4v) is 2.80. The van der Waals surface area contributed by atoms with Crippen LogP contribution in [0.3, 0.4) is 0 Å². The van der Waals surface area contributed by atoms with Crippen LogP contribution in [0.5, 0.6) is 0 Å². The number of halogens is 1. The van der Waals surface area contributed by atoms with E-state index in [1.807, 2.05) is 36.4 Å². The number of carbonyl (C=O) groups is 1. The molecule has 1 fully saturated rings. The lowest BCUT2D eigenvalue weighted by atomic mass is 10.1. The van der Waals surface area contributed by atoms with Crippen LogP contribution in [-0.4, -0.2) is 31.7 Å². The number of fused-ring (bicyclic) bond motifs is 1. The van der Waals surface area contributed by atoms with Crippen molar-refractivity contribution in [3.8, 4) is 0 Å². The highest BCUT2D eigenvalue weighted by Crippen LogP contribution is 2.30. The average molecular weight is 335 g/mol. The molecule has 5 heteroatoms. The summed E-state index contributed by atoms with van der Waals surface area (Å²) in [6.07, 6.45) is -0.425. The Morgan fingerprint density at radius 2 is 2.05 bits per heavy atom. The number of rotatable bonds is 2. The first-order valence-electron chi connectivity index (χ1n) is 6.56. The number of carbonyl (C=O) groups excluding carboxylic acids is 1. The second kappa shape index (κ2) is 5.91. The maximum Gasteiger partial charge on any atom is 0.254 e. The van der Waals surface area contributed by atoms with Gasteiger partial charge in [-0.05, 0) is 17.5 Å². The maximum absolute atomic E-state index is 12.2. The van der Waals surface area contributed by atoms with Crippen LogP contribution < -0.4 is 10.6 Å². The van der Waals surface area contributed by atoms with Gasteiger partial charge in [0.1, 0.15) is 6.10 Å². The van der Waals surface area contributed by atoms with Gasteiger partial charge in [0.15, 0.2) is 0 Å². The predicted molar refractivity (Wildman–Crippen MR) is 82.9 cm³/mol. The van der Waals surface area contributed by atoms with Crippen molar-refractivity contribution in [3.63, 3.8) is 0 Å². The summed E-state index contributed by atoms with van der Waals surface area (Å²) in [6.45, 7) is 1.92. The molecule has 1 atom stereocenters. The van der Waals surface area contributed by atoms with Gasteiger partial charge in [-0.1, -0.05) is 40.2 Å². The standard InChI is InChI=1S/C15H15BrN2O2/c16-12-5-6-13(11-4-2-1-3-10(11)12)18-15(19)14-9-17-7-8-20-14/h1-6,14,17H,7-9H2,(H,18,19). The Morgan fingerprint density at radius 3 is 2.80 bits per heavy atom. The number of morpholine rings is 1. The largest absolute Gasteiger partial charge is 0.366 e. The number of nitrogens with one attached hydrogen (secondary N) is 2. The summed E-state index contributed by atoms with van der Waals surface area (Å²) < 4.78 is 6.48. The second-order valence-electron chi connectivity index (χ2n) is 4.69. The molecule has 0 spiro atoms. The molecule has 2 aromatic carbocycles. The van der Waals surface area contributed by atoms with Crippen LogP contribution in [-0.2, 0) is 9.53 Å². The first kappa shape index (κ1) is 13.5. The second-order valence-corrected chi connectivity index (χ2v) is 5.55. The number of hydrogen-bond acceptors (Lipinski definition) is 3. The normalized spacial score (nSPS) is 18.9. The van der Waals surface area contributed by atoms with Crippen LogP contribution in [0.4, 0.5) is 5.69 Å². The molecule has 104 valence electrons. The molecule has 1 heterocycles. The molecule has 4 nitrogen and oxygen atoms in total. The monoisotopic (exact) mass is 334 g/mol. The Hall–Kier alpha value is -1.43. The minimum absolute atomic E-state index is 0.107. The van der Waals surface area contributed by atoms with Crippen molar-refractivity contribution in [2.75, 3.05) is 25.0 Å². The van der Waals surface area contributed by atoms with Crippen LogP contribution in [0.1, 0.15) is 0 Å². The molecule has 2 aromatic rings. The lowest BCUT2D eigenvalue weighted by molar-refractivity contribution is -0.128. The molecule has 0 aliphatic carbocycles. The molecule has 1 saturated heterocycles. The van der Waals surface area contributed by atoms with E-state index < -0.39 is 6.10 Å². The fourth-order valence-electron chi connectivity index (χ4n) is 2.32. The van der Waals surface area contributed by atoms with Gasteiger partial charge in [-0.15, -0.1) is 0 Å². The third-order valence-electron chi connectivity index (χ3n) is 3.35. The third-order valence-corrected chi connectivity index (χ3v) is 4.04. The van der Waals surface area contributed by atoms with Crippen molar-refractivity contribution in [1.82, 2.24) is 5.32 Å². The van der Waals surface area contributed by atoms with E-state index >= 15 is 0 Å². The zero-order valence-electron chi connectivity index (χ0n) is 10.9. The summed E-state index contributed by atoms with van der Waals surface area (Å²) in [7, 11) is 0. The number of anilines is 1. The number of ether oxygens (including phenoxy) is 1. The zero-order valence-corrected chi connectivity index (χ0v) is 12.4. The van der Waals surface area contributed by atoms with Crippen molar-refractivity contribution in [2.24, 2.45) is 0 Å². The van der Waals surface area contributed by atoms with E-state index in [0.29, 0.717) is 13.2 Å². The Balaban J connectivity index is 1.87. The average Bonchev–Trinajstić information content (AvgIpc) is 2.51. The van der Waals surface area contributed by atoms with Gasteiger partial charge in [0.05, 0.1) is 6.61 Å². The lowest BCUT2D eigenvalue weighted by Gasteiger charge is -2.23. The van der Waals surface area contributed by atoms with Crippen LogP contribution >= 0.6 is 15.9 Å². The maximum atomic E-state index is 12.2. The van der Waals surface area contributed by atoms with Crippen molar-refractivity contribution in [3.05, 3.63) is 40.9 Å². The van der Waals surface area contributed by atoms with Crippen LogP contribution in [0.2, 0.25) is 0 Å². The molecular formula is C15H15BrN2O2. The quantitative estimate of drug-likeness (QED) is 0.887. The molecule has 2 N–H and O–H groups in total. The first-order valence-corrected chi connectivity index (χ1v) is 7.35. The van der Waals surface area contributed by atoms with Crippen molar-refractivity contribution in [2.45, 2.75) is 6.10 Å². The van der Waals surface area contributed by atoms with Crippen LogP contribution in [0.25, 0.3) is 10.8 Å². The number of benzene rings is 2. The Bertz CT molecular complexity index is 639. The third kappa shape index (κ3) is 2.70. The van der Waals surface area contributed by atoms with Gasteiger partial charge in [0.2, 0.25) is 0 Å². The summed E-state index contributed by atoms with van der Waals surface area (Å²) in [4.78, 5) is 12.2. The molecule has 20 heavy (non-hydrogen) atoms. The minimum atomic E-state index is -0.425. The summed E-state index contributed by atoms with van der Waals surface area (Å²) in [5, 5.41) is 8.20. The van der Waals surface area contributed by atoms with Gasteiger partial charge in [0.25, 0.3) is 5.91 Å². The van der Waals surface area contributed by atoms with Crippen molar-refractivity contribution >= 4 is 38.3 Å². The molecule has 3 rings (SSSR count). The van der Waals surface area contributed by atoms with Crippen LogP contribution in [0.15, 0.2) is 40.9 Å². The van der Waals surface area contributed by atoms with E-state index in [2.05, 4.69) is 26.6 Å². The van der Waals surface area contributed by atoms with Crippen LogP contribution in [0, 0.1) is 0 Å². The summed E-state index contributed by atoms with van der Waals surface area (Å²) >= 11 is 3.53. The van der Waals surface area contributed by atoms with E-state index in [4.69, 9.17) is 4.74 Å². The van der Waals surface area contributed by atoms with Gasteiger partial charge in [-0.3, -0.25) is 4.79 Å².